The molecule has 2 heteroatoms. The van der Waals surface area contributed by atoms with E-state index in [1.807, 2.05) is 12.1 Å². The third kappa shape index (κ3) is 1.97. The smallest absolute Gasteiger partial charge is 0.118 e. The number of hydrogen-bond donors (Lipinski definition) is 0. The number of ether oxygens (including phenoxy) is 2. The third-order valence-corrected chi connectivity index (χ3v) is 4.91. The molecule has 2 aromatic rings. The van der Waals surface area contributed by atoms with Crippen molar-refractivity contribution < 1.29 is 9.47 Å². The van der Waals surface area contributed by atoms with Gasteiger partial charge in [0.2, 0.25) is 0 Å². The second-order valence-electron chi connectivity index (χ2n) is 6.06. The SMILES string of the molecule is COc1ccc([C@H]2OC3(CCCC3)c3ccccc32)cc1. The Balaban J connectivity index is 1.76. The van der Waals surface area contributed by atoms with Gasteiger partial charge in [0.1, 0.15) is 11.9 Å². The van der Waals surface area contributed by atoms with Crippen LogP contribution in [0, 0.1) is 0 Å². The van der Waals surface area contributed by atoms with Crippen molar-refractivity contribution >= 4 is 0 Å². The summed E-state index contributed by atoms with van der Waals surface area (Å²) >= 11 is 0. The summed E-state index contributed by atoms with van der Waals surface area (Å²) in [5.41, 5.74) is 3.92. The van der Waals surface area contributed by atoms with Crippen LogP contribution in [0.3, 0.4) is 0 Å². The van der Waals surface area contributed by atoms with Gasteiger partial charge in [-0.15, -0.1) is 0 Å². The van der Waals surface area contributed by atoms with Gasteiger partial charge in [0.15, 0.2) is 0 Å². The van der Waals surface area contributed by atoms with Gasteiger partial charge in [-0.3, -0.25) is 0 Å². The molecular weight excluding hydrogens is 260 g/mol. The summed E-state index contributed by atoms with van der Waals surface area (Å²) in [6.45, 7) is 0. The Morgan fingerprint density at radius 3 is 2.43 bits per heavy atom. The van der Waals surface area contributed by atoms with E-state index in [0.717, 1.165) is 18.6 Å². The first-order valence-corrected chi connectivity index (χ1v) is 7.74. The minimum atomic E-state index is -0.0405. The van der Waals surface area contributed by atoms with Crippen molar-refractivity contribution in [3.63, 3.8) is 0 Å². The van der Waals surface area contributed by atoms with E-state index in [1.165, 1.54) is 29.5 Å². The lowest BCUT2D eigenvalue weighted by atomic mass is 9.89. The Morgan fingerprint density at radius 2 is 1.71 bits per heavy atom. The molecule has 1 atom stereocenters. The molecule has 0 N–H and O–H groups in total. The number of hydrogen-bond acceptors (Lipinski definition) is 2. The number of rotatable bonds is 2. The Labute approximate surface area is 125 Å². The molecule has 0 amide bonds. The van der Waals surface area contributed by atoms with Crippen LogP contribution in [0.4, 0.5) is 0 Å². The molecule has 2 aliphatic rings. The molecule has 108 valence electrons. The fourth-order valence-electron chi connectivity index (χ4n) is 3.85. The molecular formula is C19H20O2. The molecule has 0 saturated heterocycles. The van der Waals surface area contributed by atoms with Gasteiger partial charge in [-0.25, -0.2) is 0 Å². The first kappa shape index (κ1) is 12.9. The number of benzene rings is 2. The minimum absolute atomic E-state index is 0.0405. The molecule has 1 saturated carbocycles. The molecule has 0 bridgehead atoms. The standard InChI is InChI=1S/C19H20O2/c1-20-15-10-8-14(9-11-15)18-16-6-2-3-7-17(16)19(21-18)12-4-5-13-19/h2-3,6-11,18H,4-5,12-13H2,1H3/t18-/m1/s1. The molecule has 1 aliphatic carbocycles. The molecule has 2 aromatic carbocycles. The summed E-state index contributed by atoms with van der Waals surface area (Å²) in [6.07, 6.45) is 4.89. The van der Waals surface area contributed by atoms with E-state index in [9.17, 15) is 0 Å². The second-order valence-corrected chi connectivity index (χ2v) is 6.06. The average Bonchev–Trinajstić information content (AvgIpc) is 3.15. The molecule has 1 fully saturated rings. The van der Waals surface area contributed by atoms with E-state index >= 15 is 0 Å². The van der Waals surface area contributed by atoms with Crippen LogP contribution < -0.4 is 4.74 Å². The average molecular weight is 280 g/mol. The first-order chi connectivity index (χ1) is 10.3. The van der Waals surface area contributed by atoms with Crippen LogP contribution in [0.15, 0.2) is 48.5 Å². The van der Waals surface area contributed by atoms with E-state index in [1.54, 1.807) is 7.11 Å². The lowest BCUT2D eigenvalue weighted by Gasteiger charge is -2.25. The number of methoxy groups -OCH3 is 1. The highest BCUT2D eigenvalue weighted by molar-refractivity contribution is 5.44. The monoisotopic (exact) mass is 280 g/mol. The maximum atomic E-state index is 6.60. The molecule has 0 aromatic heterocycles. The van der Waals surface area contributed by atoms with Crippen molar-refractivity contribution in [2.24, 2.45) is 0 Å². The Kier molecular flexibility index (Phi) is 3.00. The van der Waals surface area contributed by atoms with Crippen LogP contribution in [0.5, 0.6) is 5.75 Å². The largest absolute Gasteiger partial charge is 0.497 e. The highest BCUT2D eigenvalue weighted by Gasteiger charge is 2.46. The van der Waals surface area contributed by atoms with Crippen molar-refractivity contribution in [2.45, 2.75) is 37.4 Å². The van der Waals surface area contributed by atoms with Gasteiger partial charge < -0.3 is 9.47 Å². The van der Waals surface area contributed by atoms with Crippen LogP contribution in [-0.2, 0) is 10.3 Å². The lowest BCUT2D eigenvalue weighted by Crippen LogP contribution is -2.21. The summed E-state index contributed by atoms with van der Waals surface area (Å²) in [7, 11) is 1.70. The molecule has 2 nitrogen and oxygen atoms in total. The van der Waals surface area contributed by atoms with Crippen molar-refractivity contribution in [1.82, 2.24) is 0 Å². The summed E-state index contributed by atoms with van der Waals surface area (Å²) in [5.74, 6) is 0.889. The molecule has 21 heavy (non-hydrogen) atoms. The Hall–Kier alpha value is -1.80. The van der Waals surface area contributed by atoms with Crippen LogP contribution >= 0.6 is 0 Å². The minimum Gasteiger partial charge on any atom is -0.497 e. The van der Waals surface area contributed by atoms with Crippen LogP contribution in [0.2, 0.25) is 0 Å². The van der Waals surface area contributed by atoms with Crippen molar-refractivity contribution in [1.29, 1.82) is 0 Å². The quantitative estimate of drug-likeness (QED) is 0.801. The third-order valence-electron chi connectivity index (χ3n) is 4.91. The van der Waals surface area contributed by atoms with Gasteiger partial charge in [-0.2, -0.15) is 0 Å². The maximum absolute atomic E-state index is 6.60. The molecule has 4 rings (SSSR count). The zero-order chi connectivity index (χ0) is 14.3. The molecule has 1 heterocycles. The predicted molar refractivity (Wildman–Crippen MR) is 82.5 cm³/mol. The fraction of sp³-hybridized carbons (Fsp3) is 0.368. The number of fused-ring (bicyclic) bond motifs is 2. The van der Waals surface area contributed by atoms with Crippen molar-refractivity contribution in [3.8, 4) is 5.75 Å². The second kappa shape index (κ2) is 4.88. The normalized spacial score (nSPS) is 22.4. The molecule has 0 unspecified atom stereocenters. The van der Waals surface area contributed by atoms with E-state index in [-0.39, 0.29) is 11.7 Å². The topological polar surface area (TPSA) is 18.5 Å². The van der Waals surface area contributed by atoms with E-state index in [0.29, 0.717) is 0 Å². The zero-order valence-electron chi connectivity index (χ0n) is 12.3. The van der Waals surface area contributed by atoms with E-state index in [2.05, 4.69) is 36.4 Å². The van der Waals surface area contributed by atoms with Gasteiger partial charge in [0.05, 0.1) is 12.7 Å². The zero-order valence-corrected chi connectivity index (χ0v) is 12.3. The van der Waals surface area contributed by atoms with Crippen LogP contribution in [0.25, 0.3) is 0 Å². The van der Waals surface area contributed by atoms with E-state index < -0.39 is 0 Å². The molecule has 1 aliphatic heterocycles. The highest BCUT2D eigenvalue weighted by Crippen LogP contribution is 2.54. The molecule has 0 radical (unpaired) electrons. The van der Waals surface area contributed by atoms with E-state index in [4.69, 9.17) is 9.47 Å². The van der Waals surface area contributed by atoms with Gasteiger partial charge in [-0.1, -0.05) is 49.2 Å². The fourth-order valence-corrected chi connectivity index (χ4v) is 3.85. The van der Waals surface area contributed by atoms with Crippen molar-refractivity contribution in [3.05, 3.63) is 65.2 Å². The van der Waals surface area contributed by atoms with Gasteiger partial charge in [0, 0.05) is 0 Å². The predicted octanol–water partition coefficient (Wildman–Crippen LogP) is 4.58. The van der Waals surface area contributed by atoms with Gasteiger partial charge >= 0.3 is 0 Å². The molecule has 1 spiro atoms. The Morgan fingerprint density at radius 1 is 1.00 bits per heavy atom. The van der Waals surface area contributed by atoms with Crippen LogP contribution in [-0.4, -0.2) is 7.11 Å². The summed E-state index contributed by atoms with van der Waals surface area (Å²) in [5, 5.41) is 0. The van der Waals surface area contributed by atoms with Gasteiger partial charge in [0.25, 0.3) is 0 Å². The van der Waals surface area contributed by atoms with Gasteiger partial charge in [-0.05, 0) is 41.7 Å². The first-order valence-electron chi connectivity index (χ1n) is 7.74. The lowest BCUT2D eigenvalue weighted by molar-refractivity contribution is -0.0563. The maximum Gasteiger partial charge on any atom is 0.118 e. The highest BCUT2D eigenvalue weighted by atomic mass is 16.5. The Bertz CT molecular complexity index is 639. The summed E-state index contributed by atoms with van der Waals surface area (Å²) in [4.78, 5) is 0. The van der Waals surface area contributed by atoms with Crippen LogP contribution in [0.1, 0.15) is 48.5 Å². The summed E-state index contributed by atoms with van der Waals surface area (Å²) in [6, 6.07) is 17.0. The van der Waals surface area contributed by atoms with Crippen molar-refractivity contribution in [2.75, 3.05) is 7.11 Å². The summed E-state index contributed by atoms with van der Waals surface area (Å²) < 4.78 is 11.9.